The first kappa shape index (κ1) is 12.7. The zero-order valence-electron chi connectivity index (χ0n) is 9.89. The van der Waals surface area contributed by atoms with Crippen LogP contribution in [0.4, 0.5) is 0 Å². The standard InChI is InChI=1S/C14H13ClO3/c1-9(8-14(16)17)12-6-7-13(18-12)10-2-4-11(15)5-3-10/h2-7,9H,8H2,1H3,(H,16,17). The quantitative estimate of drug-likeness (QED) is 0.901. The summed E-state index contributed by atoms with van der Waals surface area (Å²) < 4.78 is 5.67. The summed E-state index contributed by atoms with van der Waals surface area (Å²) in [5.41, 5.74) is 0.924. The second kappa shape index (κ2) is 5.27. The van der Waals surface area contributed by atoms with Crippen LogP contribution in [0.3, 0.4) is 0 Å². The molecule has 0 spiro atoms. The van der Waals surface area contributed by atoms with Gasteiger partial charge in [-0.25, -0.2) is 0 Å². The molecule has 2 rings (SSSR count). The number of aliphatic carboxylic acids is 1. The monoisotopic (exact) mass is 264 g/mol. The number of rotatable bonds is 4. The molecule has 0 saturated carbocycles. The van der Waals surface area contributed by atoms with E-state index in [0.717, 1.165) is 11.3 Å². The van der Waals surface area contributed by atoms with E-state index in [0.29, 0.717) is 10.8 Å². The van der Waals surface area contributed by atoms with Gasteiger partial charge in [-0.05, 0) is 36.4 Å². The van der Waals surface area contributed by atoms with Crippen molar-refractivity contribution in [2.75, 3.05) is 0 Å². The number of benzene rings is 1. The predicted octanol–water partition coefficient (Wildman–Crippen LogP) is 4.18. The van der Waals surface area contributed by atoms with E-state index in [9.17, 15) is 4.79 Å². The Morgan fingerprint density at radius 3 is 2.56 bits per heavy atom. The first-order valence-corrected chi connectivity index (χ1v) is 6.01. The van der Waals surface area contributed by atoms with Crippen LogP contribution in [0.5, 0.6) is 0 Å². The van der Waals surface area contributed by atoms with Crippen molar-refractivity contribution < 1.29 is 14.3 Å². The van der Waals surface area contributed by atoms with Crippen molar-refractivity contribution >= 4 is 17.6 Å². The fourth-order valence-electron chi connectivity index (χ4n) is 1.75. The smallest absolute Gasteiger partial charge is 0.304 e. The molecule has 3 nitrogen and oxygen atoms in total. The Balaban J connectivity index is 2.19. The lowest BCUT2D eigenvalue weighted by atomic mass is 10.1. The third-order valence-corrected chi connectivity index (χ3v) is 2.97. The van der Waals surface area contributed by atoms with Gasteiger partial charge in [0.15, 0.2) is 0 Å². The second-order valence-electron chi connectivity index (χ2n) is 4.21. The third kappa shape index (κ3) is 2.93. The van der Waals surface area contributed by atoms with Gasteiger partial charge in [-0.15, -0.1) is 0 Å². The average molecular weight is 265 g/mol. The van der Waals surface area contributed by atoms with E-state index in [-0.39, 0.29) is 12.3 Å². The summed E-state index contributed by atoms with van der Waals surface area (Å²) in [6.07, 6.45) is 0.0631. The van der Waals surface area contributed by atoms with Gasteiger partial charge in [0.2, 0.25) is 0 Å². The van der Waals surface area contributed by atoms with E-state index in [1.165, 1.54) is 0 Å². The lowest BCUT2D eigenvalue weighted by Gasteiger charge is -2.04. The average Bonchev–Trinajstić information content (AvgIpc) is 2.78. The van der Waals surface area contributed by atoms with Crippen molar-refractivity contribution in [3.05, 3.63) is 47.2 Å². The molecule has 18 heavy (non-hydrogen) atoms. The zero-order valence-corrected chi connectivity index (χ0v) is 10.6. The first-order chi connectivity index (χ1) is 8.56. The normalized spacial score (nSPS) is 12.3. The number of carbonyl (C=O) groups is 1. The van der Waals surface area contributed by atoms with Gasteiger partial charge in [0.05, 0.1) is 6.42 Å². The maximum absolute atomic E-state index is 10.6. The topological polar surface area (TPSA) is 50.4 Å². The van der Waals surface area contributed by atoms with Gasteiger partial charge >= 0.3 is 5.97 Å². The zero-order chi connectivity index (χ0) is 13.1. The van der Waals surface area contributed by atoms with E-state index in [2.05, 4.69) is 0 Å². The number of furan rings is 1. The molecule has 0 bridgehead atoms. The minimum Gasteiger partial charge on any atom is -0.481 e. The van der Waals surface area contributed by atoms with E-state index < -0.39 is 5.97 Å². The number of hydrogen-bond acceptors (Lipinski definition) is 2. The summed E-state index contributed by atoms with van der Waals surface area (Å²) >= 11 is 5.82. The van der Waals surface area contributed by atoms with Crippen LogP contribution >= 0.6 is 11.6 Å². The van der Waals surface area contributed by atoms with Crippen molar-refractivity contribution in [2.24, 2.45) is 0 Å². The summed E-state index contributed by atoms with van der Waals surface area (Å²) in [6, 6.07) is 11.0. The highest BCUT2D eigenvalue weighted by atomic mass is 35.5. The number of carboxylic acids is 1. The molecule has 0 radical (unpaired) electrons. The lowest BCUT2D eigenvalue weighted by Crippen LogP contribution is -2.01. The van der Waals surface area contributed by atoms with Crippen molar-refractivity contribution in [1.29, 1.82) is 0 Å². The molecule has 1 unspecified atom stereocenters. The molecular formula is C14H13ClO3. The van der Waals surface area contributed by atoms with Crippen molar-refractivity contribution in [3.8, 4) is 11.3 Å². The third-order valence-electron chi connectivity index (χ3n) is 2.72. The molecule has 0 aliphatic carbocycles. The van der Waals surface area contributed by atoms with Gasteiger partial charge in [-0.2, -0.15) is 0 Å². The predicted molar refractivity (Wildman–Crippen MR) is 69.8 cm³/mol. The molecule has 0 amide bonds. The van der Waals surface area contributed by atoms with E-state index in [1.807, 2.05) is 31.2 Å². The molecule has 2 aromatic rings. The van der Waals surface area contributed by atoms with Crippen molar-refractivity contribution in [1.82, 2.24) is 0 Å². The molecular weight excluding hydrogens is 252 g/mol. The van der Waals surface area contributed by atoms with E-state index >= 15 is 0 Å². The van der Waals surface area contributed by atoms with Crippen LogP contribution in [-0.4, -0.2) is 11.1 Å². The fourth-order valence-corrected chi connectivity index (χ4v) is 1.88. The van der Waals surface area contributed by atoms with Gasteiger partial charge in [0.25, 0.3) is 0 Å². The van der Waals surface area contributed by atoms with Crippen LogP contribution in [0, 0.1) is 0 Å². The summed E-state index contributed by atoms with van der Waals surface area (Å²) in [6.45, 7) is 1.83. The highest BCUT2D eigenvalue weighted by Crippen LogP contribution is 2.28. The molecule has 1 N–H and O–H groups in total. The number of carboxylic acid groups (broad SMARTS) is 1. The summed E-state index contributed by atoms with van der Waals surface area (Å²) in [5, 5.41) is 9.41. The Labute approximate surface area is 110 Å². The highest BCUT2D eigenvalue weighted by Gasteiger charge is 2.14. The molecule has 1 atom stereocenters. The second-order valence-corrected chi connectivity index (χ2v) is 4.64. The number of halogens is 1. The van der Waals surface area contributed by atoms with Crippen molar-refractivity contribution in [3.63, 3.8) is 0 Å². The van der Waals surface area contributed by atoms with Gasteiger partial charge < -0.3 is 9.52 Å². The Kier molecular flexibility index (Phi) is 3.72. The molecule has 0 fully saturated rings. The summed E-state index contributed by atoms with van der Waals surface area (Å²) in [4.78, 5) is 10.6. The highest BCUT2D eigenvalue weighted by molar-refractivity contribution is 6.30. The maximum atomic E-state index is 10.6. The molecule has 1 aromatic heterocycles. The van der Waals surface area contributed by atoms with Gasteiger partial charge in [0, 0.05) is 16.5 Å². The van der Waals surface area contributed by atoms with Crippen LogP contribution in [0.15, 0.2) is 40.8 Å². The van der Waals surface area contributed by atoms with Crippen LogP contribution in [-0.2, 0) is 4.79 Å². The molecule has 0 aliphatic heterocycles. The molecule has 94 valence electrons. The molecule has 1 aromatic carbocycles. The van der Waals surface area contributed by atoms with Crippen molar-refractivity contribution in [2.45, 2.75) is 19.3 Å². The SMILES string of the molecule is CC(CC(=O)O)c1ccc(-c2ccc(Cl)cc2)o1. The van der Waals surface area contributed by atoms with Crippen LogP contribution < -0.4 is 0 Å². The molecule has 1 heterocycles. The molecule has 0 saturated heterocycles. The van der Waals surface area contributed by atoms with E-state index in [4.69, 9.17) is 21.1 Å². The number of hydrogen-bond donors (Lipinski definition) is 1. The Bertz CT molecular complexity index is 542. The molecule has 0 aliphatic rings. The first-order valence-electron chi connectivity index (χ1n) is 5.63. The Hall–Kier alpha value is -1.74. The van der Waals surface area contributed by atoms with Crippen LogP contribution in [0.1, 0.15) is 25.0 Å². The minimum absolute atomic E-state index is 0.0631. The largest absolute Gasteiger partial charge is 0.481 e. The lowest BCUT2D eigenvalue weighted by molar-refractivity contribution is -0.137. The Morgan fingerprint density at radius 2 is 1.94 bits per heavy atom. The van der Waals surface area contributed by atoms with Crippen LogP contribution in [0.2, 0.25) is 5.02 Å². The minimum atomic E-state index is -0.827. The van der Waals surface area contributed by atoms with Gasteiger partial charge in [-0.1, -0.05) is 18.5 Å². The summed E-state index contributed by atoms with van der Waals surface area (Å²) in [7, 11) is 0. The Morgan fingerprint density at radius 1 is 1.28 bits per heavy atom. The van der Waals surface area contributed by atoms with Gasteiger partial charge in [-0.3, -0.25) is 4.79 Å². The van der Waals surface area contributed by atoms with E-state index in [1.54, 1.807) is 12.1 Å². The van der Waals surface area contributed by atoms with Gasteiger partial charge in [0.1, 0.15) is 11.5 Å². The summed E-state index contributed by atoms with van der Waals surface area (Å²) in [5.74, 6) is 0.441. The maximum Gasteiger partial charge on any atom is 0.304 e. The molecule has 4 heteroatoms. The fraction of sp³-hybridized carbons (Fsp3) is 0.214. The van der Waals surface area contributed by atoms with Crippen LogP contribution in [0.25, 0.3) is 11.3 Å².